The lowest BCUT2D eigenvalue weighted by molar-refractivity contribution is 0.0687. The van der Waals surface area contributed by atoms with E-state index in [1.165, 1.54) is 12.3 Å². The van der Waals surface area contributed by atoms with Gasteiger partial charge >= 0.3 is 5.97 Å². The molecule has 0 bridgehead atoms. The average molecular weight is 276 g/mol. The molecular formula is C15H16O5. The Morgan fingerprint density at radius 1 is 1.20 bits per heavy atom. The maximum atomic E-state index is 11.0. The number of hydrogen-bond donors (Lipinski definition) is 2. The normalized spacial score (nSPS) is 12.4. The summed E-state index contributed by atoms with van der Waals surface area (Å²) in [4.78, 5) is 11.0. The van der Waals surface area contributed by atoms with Crippen LogP contribution in [0, 0.1) is 0 Å². The zero-order chi connectivity index (χ0) is 14.7. The van der Waals surface area contributed by atoms with Gasteiger partial charge in [0.25, 0.3) is 0 Å². The fourth-order valence-corrected chi connectivity index (χ4v) is 1.86. The van der Waals surface area contributed by atoms with E-state index in [1.807, 2.05) is 13.8 Å². The van der Waals surface area contributed by atoms with Gasteiger partial charge in [-0.15, -0.1) is 0 Å². The molecule has 0 aliphatic carbocycles. The first-order valence-corrected chi connectivity index (χ1v) is 6.24. The number of carboxylic acid groups (broad SMARTS) is 1. The van der Waals surface area contributed by atoms with E-state index in [0.29, 0.717) is 11.3 Å². The minimum absolute atomic E-state index is 0.0232. The van der Waals surface area contributed by atoms with E-state index >= 15 is 0 Å². The van der Waals surface area contributed by atoms with E-state index in [2.05, 4.69) is 0 Å². The summed E-state index contributed by atoms with van der Waals surface area (Å²) in [5.74, 6) is -0.420. The lowest BCUT2D eigenvalue weighted by Gasteiger charge is -2.12. The van der Waals surface area contributed by atoms with Gasteiger partial charge in [0, 0.05) is 0 Å². The van der Waals surface area contributed by atoms with Crippen LogP contribution in [0.3, 0.4) is 0 Å². The van der Waals surface area contributed by atoms with Gasteiger partial charge in [-0.2, -0.15) is 0 Å². The summed E-state index contributed by atoms with van der Waals surface area (Å²) in [6.07, 6.45) is 0.191. The summed E-state index contributed by atoms with van der Waals surface area (Å²) in [5.41, 5.74) is 0.499. The van der Waals surface area contributed by atoms with E-state index in [1.54, 1.807) is 24.3 Å². The Kier molecular flexibility index (Phi) is 4.10. The minimum atomic E-state index is -1.13. The summed E-state index contributed by atoms with van der Waals surface area (Å²) < 4.78 is 10.6. The van der Waals surface area contributed by atoms with Gasteiger partial charge in [-0.25, -0.2) is 4.79 Å². The third-order valence-corrected chi connectivity index (χ3v) is 2.74. The number of carbonyl (C=O) groups is 1. The number of aromatic carboxylic acids is 1. The molecular weight excluding hydrogens is 260 g/mol. The van der Waals surface area contributed by atoms with Gasteiger partial charge in [0.2, 0.25) is 0 Å². The highest BCUT2D eigenvalue weighted by atomic mass is 16.5. The number of ether oxygens (including phenoxy) is 1. The number of rotatable bonds is 5. The quantitative estimate of drug-likeness (QED) is 0.877. The van der Waals surface area contributed by atoms with Gasteiger partial charge in [0.05, 0.1) is 12.4 Å². The van der Waals surface area contributed by atoms with Crippen LogP contribution in [-0.2, 0) is 0 Å². The number of carboxylic acids is 1. The predicted octanol–water partition coefficient (Wildman–Crippen LogP) is 2.85. The lowest BCUT2D eigenvalue weighted by atomic mass is 10.0. The van der Waals surface area contributed by atoms with Crippen LogP contribution >= 0.6 is 0 Å². The maximum absolute atomic E-state index is 11.0. The van der Waals surface area contributed by atoms with Crippen LogP contribution in [0.4, 0.5) is 0 Å². The molecule has 1 heterocycles. The SMILES string of the molecule is CC(C)Oc1ccc(C(O)c2occc2C(=O)O)cc1. The first-order chi connectivity index (χ1) is 9.49. The summed E-state index contributed by atoms with van der Waals surface area (Å²) in [6.45, 7) is 3.84. The third kappa shape index (κ3) is 3.00. The average Bonchev–Trinajstić information content (AvgIpc) is 2.87. The highest BCUT2D eigenvalue weighted by Gasteiger charge is 2.22. The molecule has 106 valence electrons. The van der Waals surface area contributed by atoms with E-state index in [0.717, 1.165) is 0 Å². The molecule has 1 atom stereocenters. The molecule has 0 spiro atoms. The molecule has 1 aromatic carbocycles. The van der Waals surface area contributed by atoms with Gasteiger partial charge in [-0.05, 0) is 37.6 Å². The second kappa shape index (κ2) is 5.79. The first kappa shape index (κ1) is 14.1. The van der Waals surface area contributed by atoms with Crippen molar-refractivity contribution in [2.24, 2.45) is 0 Å². The van der Waals surface area contributed by atoms with Crippen LogP contribution in [0.15, 0.2) is 41.0 Å². The smallest absolute Gasteiger partial charge is 0.339 e. The highest BCUT2D eigenvalue weighted by molar-refractivity contribution is 5.88. The van der Waals surface area contributed by atoms with Crippen LogP contribution in [0.25, 0.3) is 0 Å². The van der Waals surface area contributed by atoms with Crippen LogP contribution in [0.5, 0.6) is 5.75 Å². The molecule has 5 nitrogen and oxygen atoms in total. The molecule has 0 fully saturated rings. The zero-order valence-electron chi connectivity index (χ0n) is 11.2. The van der Waals surface area contributed by atoms with Gasteiger partial charge in [0.1, 0.15) is 17.4 Å². The topological polar surface area (TPSA) is 79.9 Å². The molecule has 0 aliphatic rings. The molecule has 2 N–H and O–H groups in total. The van der Waals surface area contributed by atoms with Crippen LogP contribution in [-0.4, -0.2) is 22.3 Å². The molecule has 2 aromatic rings. The van der Waals surface area contributed by atoms with Crippen molar-refractivity contribution in [2.45, 2.75) is 26.1 Å². The molecule has 0 saturated carbocycles. The Balaban J connectivity index is 2.22. The Morgan fingerprint density at radius 2 is 1.85 bits per heavy atom. The van der Waals surface area contributed by atoms with Gasteiger partial charge in [-0.3, -0.25) is 0 Å². The van der Waals surface area contributed by atoms with E-state index in [9.17, 15) is 9.90 Å². The largest absolute Gasteiger partial charge is 0.491 e. The van der Waals surface area contributed by atoms with Crippen molar-refractivity contribution in [1.82, 2.24) is 0 Å². The Morgan fingerprint density at radius 3 is 2.40 bits per heavy atom. The summed E-state index contributed by atoms with van der Waals surface area (Å²) >= 11 is 0. The zero-order valence-corrected chi connectivity index (χ0v) is 11.2. The Hall–Kier alpha value is -2.27. The number of benzene rings is 1. The van der Waals surface area contributed by atoms with Gasteiger partial charge in [-0.1, -0.05) is 12.1 Å². The number of hydrogen-bond acceptors (Lipinski definition) is 4. The number of aliphatic hydroxyl groups excluding tert-OH is 1. The fourth-order valence-electron chi connectivity index (χ4n) is 1.86. The molecule has 0 saturated heterocycles. The molecule has 20 heavy (non-hydrogen) atoms. The monoisotopic (exact) mass is 276 g/mol. The first-order valence-electron chi connectivity index (χ1n) is 6.24. The molecule has 2 rings (SSSR count). The second-order valence-corrected chi connectivity index (χ2v) is 4.64. The Labute approximate surface area is 116 Å². The van der Waals surface area contributed by atoms with Crippen molar-refractivity contribution in [3.05, 3.63) is 53.5 Å². The number of aliphatic hydroxyl groups is 1. The second-order valence-electron chi connectivity index (χ2n) is 4.64. The van der Waals surface area contributed by atoms with Crippen molar-refractivity contribution < 1.29 is 24.2 Å². The maximum Gasteiger partial charge on any atom is 0.339 e. The number of furan rings is 1. The van der Waals surface area contributed by atoms with Crippen molar-refractivity contribution in [2.75, 3.05) is 0 Å². The molecule has 1 aromatic heterocycles. The van der Waals surface area contributed by atoms with Gasteiger partial charge in [0.15, 0.2) is 5.76 Å². The van der Waals surface area contributed by atoms with Crippen molar-refractivity contribution in [1.29, 1.82) is 0 Å². The highest BCUT2D eigenvalue weighted by Crippen LogP contribution is 2.27. The molecule has 0 amide bonds. The molecule has 5 heteroatoms. The predicted molar refractivity (Wildman–Crippen MR) is 71.9 cm³/mol. The van der Waals surface area contributed by atoms with E-state index in [-0.39, 0.29) is 17.4 Å². The van der Waals surface area contributed by atoms with Crippen molar-refractivity contribution >= 4 is 5.97 Å². The lowest BCUT2D eigenvalue weighted by Crippen LogP contribution is -2.07. The molecule has 1 unspecified atom stereocenters. The molecule has 0 aliphatic heterocycles. The van der Waals surface area contributed by atoms with E-state index in [4.69, 9.17) is 14.3 Å². The van der Waals surface area contributed by atoms with Crippen LogP contribution in [0.1, 0.15) is 41.6 Å². The van der Waals surface area contributed by atoms with Gasteiger partial charge < -0.3 is 19.4 Å². The van der Waals surface area contributed by atoms with Crippen LogP contribution in [0.2, 0.25) is 0 Å². The fraction of sp³-hybridized carbons (Fsp3) is 0.267. The summed E-state index contributed by atoms with van der Waals surface area (Å²) in [6, 6.07) is 8.12. The molecule has 0 radical (unpaired) electrons. The summed E-state index contributed by atoms with van der Waals surface area (Å²) in [5, 5.41) is 19.2. The third-order valence-electron chi connectivity index (χ3n) is 2.74. The standard InChI is InChI=1S/C15H16O5/c1-9(2)20-11-5-3-10(4-6-11)13(16)14-12(15(17)18)7-8-19-14/h3-9,13,16H,1-2H3,(H,17,18). The van der Waals surface area contributed by atoms with Crippen molar-refractivity contribution in [3.8, 4) is 5.75 Å². The van der Waals surface area contributed by atoms with Crippen LogP contribution < -0.4 is 4.74 Å². The Bertz CT molecular complexity index is 583. The minimum Gasteiger partial charge on any atom is -0.491 e. The van der Waals surface area contributed by atoms with Crippen molar-refractivity contribution in [3.63, 3.8) is 0 Å². The van der Waals surface area contributed by atoms with E-state index < -0.39 is 12.1 Å². The summed E-state index contributed by atoms with van der Waals surface area (Å²) in [7, 11) is 0.